The van der Waals surface area contributed by atoms with Crippen LogP contribution in [-0.4, -0.2) is 6.54 Å². The van der Waals surface area contributed by atoms with Gasteiger partial charge in [-0.15, -0.1) is 0 Å². The third-order valence-electron chi connectivity index (χ3n) is 2.89. The van der Waals surface area contributed by atoms with E-state index in [0.717, 1.165) is 0 Å². The highest BCUT2D eigenvalue weighted by molar-refractivity contribution is 9.10. The van der Waals surface area contributed by atoms with Gasteiger partial charge in [0.25, 0.3) is 0 Å². The Labute approximate surface area is 93.6 Å². The molecule has 1 saturated carbocycles. The van der Waals surface area contributed by atoms with E-state index < -0.39 is 22.9 Å². The summed E-state index contributed by atoms with van der Waals surface area (Å²) in [6.07, 6.45) is 1.30. The van der Waals surface area contributed by atoms with Crippen LogP contribution in [0.5, 0.6) is 0 Å². The molecule has 0 bridgehead atoms. The minimum absolute atomic E-state index is 0.0849. The first-order valence-electron chi connectivity index (χ1n) is 4.55. The summed E-state index contributed by atoms with van der Waals surface area (Å²) in [5, 5.41) is 0. The van der Waals surface area contributed by atoms with Gasteiger partial charge in [-0.1, -0.05) is 0 Å². The van der Waals surface area contributed by atoms with Crippen molar-refractivity contribution in [2.75, 3.05) is 6.54 Å². The van der Waals surface area contributed by atoms with Gasteiger partial charge in [0, 0.05) is 23.6 Å². The van der Waals surface area contributed by atoms with Crippen LogP contribution in [0.1, 0.15) is 18.4 Å². The average molecular weight is 280 g/mol. The first kappa shape index (κ1) is 11.0. The fourth-order valence-electron chi connectivity index (χ4n) is 1.76. The molecule has 1 fully saturated rings. The van der Waals surface area contributed by atoms with E-state index in [1.807, 2.05) is 0 Å². The fraction of sp³-hybridized carbons (Fsp3) is 0.400. The largest absolute Gasteiger partial charge is 0.330 e. The van der Waals surface area contributed by atoms with Crippen LogP contribution >= 0.6 is 15.9 Å². The molecule has 0 radical (unpaired) electrons. The molecule has 0 aliphatic heterocycles. The van der Waals surface area contributed by atoms with Gasteiger partial charge < -0.3 is 5.73 Å². The number of benzene rings is 1. The predicted octanol–water partition coefficient (Wildman–Crippen LogP) is 2.86. The van der Waals surface area contributed by atoms with Crippen molar-refractivity contribution < 1.29 is 13.2 Å². The van der Waals surface area contributed by atoms with Gasteiger partial charge in [0.1, 0.15) is 17.5 Å². The van der Waals surface area contributed by atoms with Crippen molar-refractivity contribution in [1.29, 1.82) is 0 Å². The Morgan fingerprint density at radius 2 is 1.87 bits per heavy atom. The summed E-state index contributed by atoms with van der Waals surface area (Å²) >= 11 is 2.76. The summed E-state index contributed by atoms with van der Waals surface area (Å²) in [7, 11) is 0. The van der Waals surface area contributed by atoms with Crippen molar-refractivity contribution in [2.45, 2.75) is 18.3 Å². The van der Waals surface area contributed by atoms with Crippen LogP contribution in [0, 0.1) is 17.5 Å². The van der Waals surface area contributed by atoms with Gasteiger partial charge in [-0.05, 0) is 28.8 Å². The Bertz CT molecular complexity index is 416. The van der Waals surface area contributed by atoms with Crippen molar-refractivity contribution in [3.63, 3.8) is 0 Å². The van der Waals surface area contributed by atoms with Gasteiger partial charge in [-0.25, -0.2) is 13.2 Å². The predicted molar refractivity (Wildman–Crippen MR) is 54.0 cm³/mol. The molecule has 0 saturated heterocycles. The molecule has 5 heteroatoms. The highest BCUT2D eigenvalue weighted by Crippen LogP contribution is 2.50. The minimum atomic E-state index is -0.929. The fourth-order valence-corrected chi connectivity index (χ4v) is 2.07. The van der Waals surface area contributed by atoms with Gasteiger partial charge in [0.15, 0.2) is 0 Å². The molecule has 0 atom stereocenters. The molecule has 0 aromatic heterocycles. The van der Waals surface area contributed by atoms with E-state index in [1.54, 1.807) is 0 Å². The van der Waals surface area contributed by atoms with E-state index in [1.165, 1.54) is 0 Å². The monoisotopic (exact) mass is 279 g/mol. The molecule has 0 amide bonds. The van der Waals surface area contributed by atoms with Gasteiger partial charge in [0.2, 0.25) is 0 Å². The van der Waals surface area contributed by atoms with E-state index in [4.69, 9.17) is 5.73 Å². The summed E-state index contributed by atoms with van der Waals surface area (Å²) < 4.78 is 39.8. The lowest BCUT2D eigenvalue weighted by atomic mass is 9.95. The minimum Gasteiger partial charge on any atom is -0.330 e. The highest BCUT2D eigenvalue weighted by Gasteiger charge is 2.47. The summed E-state index contributed by atoms with van der Waals surface area (Å²) in [6.45, 7) is 0.179. The lowest BCUT2D eigenvalue weighted by Crippen LogP contribution is -2.23. The Morgan fingerprint density at radius 1 is 1.27 bits per heavy atom. The second kappa shape index (κ2) is 3.49. The van der Waals surface area contributed by atoms with Crippen molar-refractivity contribution >= 4 is 15.9 Å². The van der Waals surface area contributed by atoms with E-state index in [9.17, 15) is 13.2 Å². The van der Waals surface area contributed by atoms with E-state index in [-0.39, 0.29) is 16.6 Å². The number of halogens is 4. The third-order valence-corrected chi connectivity index (χ3v) is 3.62. The van der Waals surface area contributed by atoms with Gasteiger partial charge in [0.05, 0.1) is 4.47 Å². The Morgan fingerprint density at radius 3 is 2.33 bits per heavy atom. The molecule has 1 aliphatic rings. The van der Waals surface area contributed by atoms with Gasteiger partial charge >= 0.3 is 0 Å². The number of rotatable bonds is 2. The molecule has 1 aliphatic carbocycles. The van der Waals surface area contributed by atoms with Crippen LogP contribution < -0.4 is 5.73 Å². The maximum absolute atomic E-state index is 13.7. The van der Waals surface area contributed by atoms with E-state index in [2.05, 4.69) is 15.9 Å². The molecular formula is C10H9BrF3N. The molecule has 1 aromatic carbocycles. The van der Waals surface area contributed by atoms with Crippen LogP contribution in [0.4, 0.5) is 13.2 Å². The average Bonchev–Trinajstić information content (AvgIpc) is 2.96. The molecule has 0 heterocycles. The summed E-state index contributed by atoms with van der Waals surface area (Å²) in [5.74, 6) is -2.65. The van der Waals surface area contributed by atoms with E-state index >= 15 is 0 Å². The third kappa shape index (κ3) is 1.58. The Hall–Kier alpha value is -0.550. The molecule has 2 N–H and O–H groups in total. The maximum atomic E-state index is 13.7. The molecular weight excluding hydrogens is 271 g/mol. The quantitative estimate of drug-likeness (QED) is 0.654. The van der Waals surface area contributed by atoms with Crippen LogP contribution in [0.3, 0.4) is 0 Å². The molecule has 15 heavy (non-hydrogen) atoms. The summed E-state index contributed by atoms with van der Waals surface area (Å²) in [5.41, 5.74) is 4.78. The zero-order valence-electron chi connectivity index (χ0n) is 7.79. The van der Waals surface area contributed by atoms with Crippen LogP contribution in [0.25, 0.3) is 0 Å². The van der Waals surface area contributed by atoms with Crippen LogP contribution in [-0.2, 0) is 5.41 Å². The first-order valence-corrected chi connectivity index (χ1v) is 5.35. The van der Waals surface area contributed by atoms with Gasteiger partial charge in [-0.3, -0.25) is 0 Å². The second-order valence-electron chi connectivity index (χ2n) is 3.83. The molecule has 0 unspecified atom stereocenters. The van der Waals surface area contributed by atoms with Crippen molar-refractivity contribution in [3.8, 4) is 0 Å². The normalized spacial score (nSPS) is 17.9. The number of nitrogens with two attached hydrogens (primary N) is 1. The molecule has 0 spiro atoms. The highest BCUT2D eigenvalue weighted by atomic mass is 79.9. The van der Waals surface area contributed by atoms with E-state index in [0.29, 0.717) is 18.9 Å². The summed E-state index contributed by atoms with van der Waals surface area (Å²) in [4.78, 5) is 0. The van der Waals surface area contributed by atoms with Crippen molar-refractivity contribution in [1.82, 2.24) is 0 Å². The molecule has 1 nitrogen and oxygen atoms in total. The zero-order chi connectivity index (χ0) is 11.2. The lowest BCUT2D eigenvalue weighted by molar-refractivity contribution is 0.489. The first-order chi connectivity index (χ1) is 7.02. The van der Waals surface area contributed by atoms with Crippen LogP contribution in [0.2, 0.25) is 0 Å². The van der Waals surface area contributed by atoms with Crippen molar-refractivity contribution in [2.24, 2.45) is 5.73 Å². The Kier molecular flexibility index (Phi) is 2.55. The molecule has 1 aromatic rings. The second-order valence-corrected chi connectivity index (χ2v) is 4.62. The lowest BCUT2D eigenvalue weighted by Gasteiger charge is -2.15. The van der Waals surface area contributed by atoms with Crippen LogP contribution in [0.15, 0.2) is 10.5 Å². The van der Waals surface area contributed by atoms with Crippen molar-refractivity contribution in [3.05, 3.63) is 33.6 Å². The molecule has 82 valence electrons. The van der Waals surface area contributed by atoms with Gasteiger partial charge in [-0.2, -0.15) is 0 Å². The standard InChI is InChI=1S/C10H9BrF3N/c11-8-6(13)3-5(12)7(9(8)14)10(4-15)1-2-10/h3H,1-2,4,15H2. The number of hydrogen-bond donors (Lipinski definition) is 1. The topological polar surface area (TPSA) is 26.0 Å². The molecule has 2 rings (SSSR count). The summed E-state index contributed by atoms with van der Waals surface area (Å²) in [6, 6.07) is 0.693. The zero-order valence-corrected chi connectivity index (χ0v) is 9.37. The smallest absolute Gasteiger partial charge is 0.147 e. The maximum Gasteiger partial charge on any atom is 0.147 e. The number of hydrogen-bond acceptors (Lipinski definition) is 1. The SMILES string of the molecule is NCC1(c2c(F)cc(F)c(Br)c2F)CC1. The Balaban J connectivity index is 2.62.